The van der Waals surface area contributed by atoms with Crippen molar-refractivity contribution < 1.29 is 14.3 Å². The van der Waals surface area contributed by atoms with Crippen molar-refractivity contribution in [2.45, 2.75) is 57.2 Å². The molecule has 6 atom stereocenters. The van der Waals surface area contributed by atoms with Crippen molar-refractivity contribution >= 4 is 16.9 Å². The number of aromatic amines is 1. The fourth-order valence-electron chi connectivity index (χ4n) is 6.62. The third-order valence-electron chi connectivity index (χ3n) is 7.52. The highest BCUT2D eigenvalue weighted by atomic mass is 16.5. The predicted octanol–water partition coefficient (Wildman–Crippen LogP) is 3.62. The van der Waals surface area contributed by atoms with Gasteiger partial charge in [0.1, 0.15) is 11.6 Å². The van der Waals surface area contributed by atoms with Crippen molar-refractivity contribution in [1.82, 2.24) is 9.88 Å². The van der Waals surface area contributed by atoms with Gasteiger partial charge in [-0.05, 0) is 43.7 Å². The topological polar surface area (TPSA) is 54.6 Å². The van der Waals surface area contributed by atoms with E-state index in [1.165, 1.54) is 18.1 Å². The van der Waals surface area contributed by atoms with Gasteiger partial charge in [-0.3, -0.25) is 9.69 Å². The first-order chi connectivity index (χ1) is 13.7. The van der Waals surface area contributed by atoms with Crippen molar-refractivity contribution in [1.29, 1.82) is 0 Å². The van der Waals surface area contributed by atoms with Crippen molar-refractivity contribution in [3.8, 4) is 0 Å². The summed E-state index contributed by atoms with van der Waals surface area (Å²) in [6, 6.07) is 8.56. The summed E-state index contributed by atoms with van der Waals surface area (Å²) in [7, 11) is 1.54. The molecule has 1 saturated carbocycles. The summed E-state index contributed by atoms with van der Waals surface area (Å²) in [5.41, 5.74) is 2.89. The van der Waals surface area contributed by atoms with Crippen LogP contribution in [0.25, 0.3) is 10.9 Å². The van der Waals surface area contributed by atoms with Crippen LogP contribution < -0.4 is 0 Å². The van der Waals surface area contributed by atoms with Crippen LogP contribution in [0.15, 0.2) is 24.3 Å². The van der Waals surface area contributed by atoms with Crippen LogP contribution >= 0.6 is 0 Å². The lowest BCUT2D eigenvalue weighted by molar-refractivity contribution is -0.211. The number of benzene rings is 1. The molecule has 0 spiro atoms. The molecule has 0 radical (unpaired) electrons. The van der Waals surface area contributed by atoms with Crippen molar-refractivity contribution in [2.75, 3.05) is 20.3 Å². The van der Waals surface area contributed by atoms with Crippen molar-refractivity contribution in [3.63, 3.8) is 0 Å². The molecule has 3 aliphatic heterocycles. The average Bonchev–Trinajstić information content (AvgIpc) is 3.06. The van der Waals surface area contributed by atoms with E-state index < -0.39 is 5.41 Å². The number of para-hydroxylation sites is 1. The summed E-state index contributed by atoms with van der Waals surface area (Å²) in [5, 5.41) is 1.24. The van der Waals surface area contributed by atoms with Gasteiger partial charge in [0.05, 0.1) is 7.11 Å². The molecule has 1 aromatic carbocycles. The van der Waals surface area contributed by atoms with Crippen molar-refractivity contribution in [3.05, 3.63) is 35.5 Å². The minimum atomic E-state index is -0.628. The first-order valence-corrected chi connectivity index (χ1v) is 10.7. The Bertz CT molecular complexity index is 906. The Kier molecular flexibility index (Phi) is 4.29. The van der Waals surface area contributed by atoms with Gasteiger partial charge < -0.3 is 14.5 Å². The van der Waals surface area contributed by atoms with Crippen molar-refractivity contribution in [2.24, 2.45) is 11.8 Å². The summed E-state index contributed by atoms with van der Waals surface area (Å²) < 4.78 is 11.7. The van der Waals surface area contributed by atoms with Gasteiger partial charge in [-0.2, -0.15) is 0 Å². The zero-order valence-electron chi connectivity index (χ0n) is 17.0. The molecule has 1 N–H and O–H groups in total. The second-order valence-electron chi connectivity index (χ2n) is 8.63. The molecule has 5 nitrogen and oxygen atoms in total. The zero-order valence-corrected chi connectivity index (χ0v) is 17.0. The first-order valence-electron chi connectivity index (χ1n) is 10.7. The molecule has 150 valence electrons. The van der Waals surface area contributed by atoms with Gasteiger partial charge >= 0.3 is 5.97 Å². The van der Waals surface area contributed by atoms with Crippen LogP contribution in [-0.4, -0.2) is 48.4 Å². The largest absolute Gasteiger partial charge is 0.468 e. The summed E-state index contributed by atoms with van der Waals surface area (Å²) in [5.74, 6) is 0.744. The Morgan fingerprint density at radius 3 is 2.89 bits per heavy atom. The molecule has 2 aromatic rings. The van der Waals surface area contributed by atoms with E-state index in [9.17, 15) is 4.79 Å². The highest BCUT2D eigenvalue weighted by molar-refractivity contribution is 5.91. The number of esters is 1. The van der Waals surface area contributed by atoms with Crippen LogP contribution in [0.4, 0.5) is 0 Å². The molecular formula is C23H30N2O3. The number of nitrogens with one attached hydrogen (secondary N) is 1. The van der Waals surface area contributed by atoms with Crippen LogP contribution in [0.5, 0.6) is 0 Å². The smallest absolute Gasteiger partial charge is 0.319 e. The van der Waals surface area contributed by atoms with Gasteiger partial charge in [0, 0.05) is 41.7 Å². The van der Waals surface area contributed by atoms with E-state index in [2.05, 4.69) is 48.0 Å². The summed E-state index contributed by atoms with van der Waals surface area (Å²) >= 11 is 0. The van der Waals surface area contributed by atoms with Gasteiger partial charge in [0.15, 0.2) is 0 Å². The Balaban J connectivity index is 1.76. The van der Waals surface area contributed by atoms with Crippen LogP contribution in [0.3, 0.4) is 0 Å². The van der Waals surface area contributed by atoms with Gasteiger partial charge in [0.2, 0.25) is 0 Å². The lowest BCUT2D eigenvalue weighted by atomic mass is 9.55. The minimum absolute atomic E-state index is 0.0877. The molecule has 3 fully saturated rings. The third-order valence-corrected chi connectivity index (χ3v) is 7.52. The van der Waals surface area contributed by atoms with Crippen LogP contribution in [0, 0.1) is 11.8 Å². The molecule has 28 heavy (non-hydrogen) atoms. The normalized spacial score (nSPS) is 36.2. The molecule has 4 heterocycles. The predicted molar refractivity (Wildman–Crippen MR) is 108 cm³/mol. The van der Waals surface area contributed by atoms with E-state index in [0.717, 1.165) is 43.4 Å². The van der Waals surface area contributed by atoms with E-state index in [-0.39, 0.29) is 18.2 Å². The maximum absolute atomic E-state index is 13.5. The fourth-order valence-corrected chi connectivity index (χ4v) is 6.62. The Morgan fingerprint density at radius 1 is 1.32 bits per heavy atom. The maximum atomic E-state index is 13.5. The summed E-state index contributed by atoms with van der Waals surface area (Å²) in [4.78, 5) is 19.7. The lowest BCUT2D eigenvalue weighted by Gasteiger charge is -2.60. The maximum Gasteiger partial charge on any atom is 0.319 e. The Hall–Kier alpha value is -1.85. The van der Waals surface area contributed by atoms with E-state index in [4.69, 9.17) is 9.47 Å². The van der Waals surface area contributed by atoms with Crippen LogP contribution in [0.1, 0.15) is 44.4 Å². The molecule has 4 aliphatic rings. The number of hydrogen-bond donors (Lipinski definition) is 1. The quantitative estimate of drug-likeness (QED) is 0.821. The minimum Gasteiger partial charge on any atom is -0.468 e. The van der Waals surface area contributed by atoms with Crippen LogP contribution in [0.2, 0.25) is 0 Å². The molecule has 0 amide bonds. The second-order valence-corrected chi connectivity index (χ2v) is 8.63. The number of H-pyrrole nitrogens is 1. The van der Waals surface area contributed by atoms with Gasteiger partial charge in [0.25, 0.3) is 0 Å². The number of methoxy groups -OCH3 is 1. The number of aromatic nitrogens is 1. The fraction of sp³-hybridized carbons (Fsp3) is 0.609. The van der Waals surface area contributed by atoms with E-state index in [1.54, 1.807) is 0 Å². The average molecular weight is 383 g/mol. The lowest BCUT2D eigenvalue weighted by Crippen LogP contribution is -2.71. The number of rotatable bonds is 4. The molecule has 6 rings (SSSR count). The van der Waals surface area contributed by atoms with Gasteiger partial charge in [-0.1, -0.05) is 31.5 Å². The number of fused-ring (bicyclic) bond motifs is 4. The number of carbonyl (C=O) groups is 1. The van der Waals surface area contributed by atoms with Crippen LogP contribution in [-0.2, 0) is 26.1 Å². The standard InChI is InChI=1S/C23H30N2O3/c1-4-14-12-15-13-23(22(26)27-3)19-17(16-8-6-7-9-18(16)24-19)10-11-25(20(14)23)21(15)28-5-2/h6-9,14-15,20-21,24H,4-5,10-13H2,1-3H3/t14-,15-,20-,21?,23+/m0/s1. The number of piperidine rings is 2. The zero-order chi connectivity index (χ0) is 19.5. The number of ether oxygens (including phenoxy) is 2. The molecule has 2 unspecified atom stereocenters. The number of hydrogen-bond acceptors (Lipinski definition) is 4. The Morgan fingerprint density at radius 2 is 2.14 bits per heavy atom. The van der Waals surface area contributed by atoms with E-state index in [0.29, 0.717) is 18.4 Å². The molecule has 1 aliphatic carbocycles. The molecular weight excluding hydrogens is 352 g/mol. The SMILES string of the molecule is CCOC1[C@H]2C[C@H](CC)[C@@H]3N1CCc1c([nH]c4ccccc14)[C@]3(C(=O)OC)C2. The van der Waals surface area contributed by atoms with Gasteiger partial charge in [-0.25, -0.2) is 0 Å². The molecule has 5 heteroatoms. The highest BCUT2D eigenvalue weighted by Gasteiger charge is 2.65. The Labute approximate surface area is 166 Å². The second kappa shape index (κ2) is 6.60. The molecule has 1 aromatic heterocycles. The number of carbonyl (C=O) groups excluding carboxylic acids is 1. The number of nitrogens with zero attached hydrogens (tertiary/aromatic N) is 1. The summed E-state index contributed by atoms with van der Waals surface area (Å²) in [6.07, 6.45) is 4.07. The summed E-state index contributed by atoms with van der Waals surface area (Å²) in [6.45, 7) is 5.96. The third kappa shape index (κ3) is 2.23. The first kappa shape index (κ1) is 18.2. The molecule has 4 bridgehead atoms. The highest BCUT2D eigenvalue weighted by Crippen LogP contribution is 2.57. The van der Waals surface area contributed by atoms with E-state index in [1.807, 2.05) is 0 Å². The van der Waals surface area contributed by atoms with E-state index >= 15 is 0 Å². The van der Waals surface area contributed by atoms with Gasteiger partial charge in [-0.15, -0.1) is 0 Å². The monoisotopic (exact) mass is 382 g/mol. The molecule has 2 saturated heterocycles.